The first kappa shape index (κ1) is 17.5. The summed E-state index contributed by atoms with van der Waals surface area (Å²) in [5, 5.41) is 4.44. The van der Waals surface area contributed by atoms with E-state index in [-0.39, 0.29) is 11.7 Å². The fourth-order valence-electron chi connectivity index (χ4n) is 3.55. The number of nitrogens with zero attached hydrogens (tertiary/aromatic N) is 3. The molecule has 4 rings (SSSR count). The number of fused-ring (bicyclic) bond motifs is 1. The van der Waals surface area contributed by atoms with E-state index in [0.29, 0.717) is 26.1 Å². The quantitative estimate of drug-likeness (QED) is 0.708. The fraction of sp³-hybridized carbons (Fsp3) is 0.273. The van der Waals surface area contributed by atoms with E-state index in [9.17, 15) is 9.18 Å². The zero-order valence-corrected chi connectivity index (χ0v) is 15.6. The number of benzene rings is 2. The Kier molecular flexibility index (Phi) is 4.52. The molecule has 0 bridgehead atoms. The number of aromatic nitrogens is 2. The van der Waals surface area contributed by atoms with E-state index >= 15 is 0 Å². The second-order valence-corrected chi connectivity index (χ2v) is 7.26. The van der Waals surface area contributed by atoms with Crippen LogP contribution in [0.4, 0.5) is 4.39 Å². The number of halogens is 1. The number of aryl methyl sites for hydroxylation is 2. The molecule has 1 amide bonds. The van der Waals surface area contributed by atoms with Crippen LogP contribution in [0.25, 0.3) is 0 Å². The van der Waals surface area contributed by atoms with Crippen molar-refractivity contribution in [2.75, 3.05) is 0 Å². The lowest BCUT2D eigenvalue weighted by molar-refractivity contribution is -0.131. The molecule has 0 radical (unpaired) electrons. The van der Waals surface area contributed by atoms with Crippen molar-refractivity contribution < 1.29 is 9.18 Å². The lowest BCUT2D eigenvalue weighted by Crippen LogP contribution is -2.28. The predicted octanol–water partition coefficient (Wildman–Crippen LogP) is 3.77. The normalized spacial score (nSPS) is 13.1. The van der Waals surface area contributed by atoms with Crippen LogP contribution in [0, 0.1) is 19.7 Å². The molecule has 1 aliphatic rings. The smallest absolute Gasteiger partial charge is 0.227 e. The summed E-state index contributed by atoms with van der Waals surface area (Å²) in [6.45, 7) is 5.84. The second-order valence-electron chi connectivity index (χ2n) is 7.26. The molecule has 0 aliphatic carbocycles. The van der Waals surface area contributed by atoms with Crippen LogP contribution in [0.15, 0.2) is 48.7 Å². The van der Waals surface area contributed by atoms with Crippen molar-refractivity contribution in [3.63, 3.8) is 0 Å². The first-order chi connectivity index (χ1) is 13.0. The lowest BCUT2D eigenvalue weighted by Gasteiger charge is -2.17. The minimum Gasteiger partial charge on any atom is -0.332 e. The maximum absolute atomic E-state index is 13.1. The van der Waals surface area contributed by atoms with Gasteiger partial charge in [0, 0.05) is 12.1 Å². The molecule has 138 valence electrons. The Balaban J connectivity index is 1.46. The van der Waals surface area contributed by atoms with Gasteiger partial charge in [-0.15, -0.1) is 0 Å². The van der Waals surface area contributed by atoms with E-state index in [1.165, 1.54) is 17.7 Å². The van der Waals surface area contributed by atoms with E-state index < -0.39 is 0 Å². The third kappa shape index (κ3) is 3.63. The van der Waals surface area contributed by atoms with Crippen LogP contribution in [-0.4, -0.2) is 20.6 Å². The van der Waals surface area contributed by atoms with Crippen molar-refractivity contribution >= 4 is 5.91 Å². The highest BCUT2D eigenvalue weighted by Gasteiger charge is 2.27. The van der Waals surface area contributed by atoms with Gasteiger partial charge >= 0.3 is 0 Å². The number of amides is 1. The molecule has 0 saturated carbocycles. The van der Waals surface area contributed by atoms with Gasteiger partial charge in [0.25, 0.3) is 0 Å². The van der Waals surface area contributed by atoms with Gasteiger partial charge in [-0.25, -0.2) is 4.39 Å². The van der Waals surface area contributed by atoms with E-state index in [2.05, 4.69) is 23.3 Å². The SMILES string of the molecule is Cc1ccc(C)c(CC(=O)N2Cc3cnn(Cc4ccc(F)cc4)c3C2)c1. The van der Waals surface area contributed by atoms with Crippen molar-refractivity contribution in [1.29, 1.82) is 0 Å². The van der Waals surface area contributed by atoms with Gasteiger partial charge in [0.05, 0.1) is 31.4 Å². The maximum atomic E-state index is 13.1. The molecule has 0 unspecified atom stereocenters. The highest BCUT2D eigenvalue weighted by molar-refractivity contribution is 5.79. The summed E-state index contributed by atoms with van der Waals surface area (Å²) < 4.78 is 15.0. The highest BCUT2D eigenvalue weighted by atomic mass is 19.1. The van der Waals surface area contributed by atoms with Crippen LogP contribution in [0.2, 0.25) is 0 Å². The predicted molar refractivity (Wildman–Crippen MR) is 102 cm³/mol. The van der Waals surface area contributed by atoms with Crippen LogP contribution in [0.5, 0.6) is 0 Å². The molecule has 5 heteroatoms. The van der Waals surface area contributed by atoms with Gasteiger partial charge in [-0.1, -0.05) is 35.9 Å². The topological polar surface area (TPSA) is 38.1 Å². The molecule has 4 nitrogen and oxygen atoms in total. The first-order valence-electron chi connectivity index (χ1n) is 9.11. The number of hydrogen-bond acceptors (Lipinski definition) is 2. The number of hydrogen-bond donors (Lipinski definition) is 0. The molecule has 2 heterocycles. The molecular formula is C22H22FN3O. The number of rotatable bonds is 4. The molecule has 0 spiro atoms. The van der Waals surface area contributed by atoms with Gasteiger partial charge < -0.3 is 4.90 Å². The lowest BCUT2D eigenvalue weighted by atomic mass is 10.0. The van der Waals surface area contributed by atoms with Crippen LogP contribution in [-0.2, 0) is 30.8 Å². The Morgan fingerprint density at radius 3 is 2.67 bits per heavy atom. The van der Waals surface area contributed by atoms with Crippen LogP contribution in [0.3, 0.4) is 0 Å². The number of carbonyl (C=O) groups excluding carboxylic acids is 1. The highest BCUT2D eigenvalue weighted by Crippen LogP contribution is 2.24. The first-order valence-corrected chi connectivity index (χ1v) is 9.11. The minimum atomic E-state index is -0.243. The monoisotopic (exact) mass is 363 g/mol. The van der Waals surface area contributed by atoms with Crippen molar-refractivity contribution in [2.45, 2.75) is 39.9 Å². The van der Waals surface area contributed by atoms with Crippen LogP contribution in [0.1, 0.15) is 33.5 Å². The van der Waals surface area contributed by atoms with Crippen molar-refractivity contribution in [3.8, 4) is 0 Å². The molecule has 0 fully saturated rings. The Morgan fingerprint density at radius 1 is 1.11 bits per heavy atom. The molecule has 0 N–H and O–H groups in total. The molecular weight excluding hydrogens is 341 g/mol. The Bertz CT molecular complexity index is 991. The largest absolute Gasteiger partial charge is 0.332 e. The zero-order valence-electron chi connectivity index (χ0n) is 15.6. The van der Waals surface area contributed by atoms with Gasteiger partial charge in [0.15, 0.2) is 0 Å². The molecule has 27 heavy (non-hydrogen) atoms. The standard InChI is InChI=1S/C22H22FN3O/c1-15-3-4-16(2)18(9-15)10-22(27)25-13-19-11-24-26(21(19)14-25)12-17-5-7-20(23)8-6-17/h3-9,11H,10,12-14H2,1-2H3. The molecule has 3 aromatic rings. The third-order valence-electron chi connectivity index (χ3n) is 5.18. The average molecular weight is 363 g/mol. The second kappa shape index (κ2) is 6.99. The molecule has 2 aromatic carbocycles. The van der Waals surface area contributed by atoms with Gasteiger partial charge in [-0.2, -0.15) is 5.10 Å². The summed E-state index contributed by atoms with van der Waals surface area (Å²) in [5.74, 6) is -0.110. The fourth-order valence-corrected chi connectivity index (χ4v) is 3.55. The maximum Gasteiger partial charge on any atom is 0.227 e. The van der Waals surface area contributed by atoms with Crippen LogP contribution >= 0.6 is 0 Å². The van der Waals surface area contributed by atoms with E-state index in [1.54, 1.807) is 12.1 Å². The van der Waals surface area contributed by atoms with Crippen LogP contribution < -0.4 is 0 Å². The number of carbonyl (C=O) groups is 1. The summed E-state index contributed by atoms with van der Waals surface area (Å²) in [6.07, 6.45) is 2.26. The molecule has 0 atom stereocenters. The summed E-state index contributed by atoms with van der Waals surface area (Å²) in [7, 11) is 0. The minimum absolute atomic E-state index is 0.133. The Hall–Kier alpha value is -2.95. The summed E-state index contributed by atoms with van der Waals surface area (Å²) >= 11 is 0. The Morgan fingerprint density at radius 2 is 1.89 bits per heavy atom. The van der Waals surface area contributed by atoms with Crippen molar-refractivity contribution in [1.82, 2.24) is 14.7 Å². The van der Waals surface area contributed by atoms with Crippen molar-refractivity contribution in [3.05, 3.63) is 88.0 Å². The Labute approximate surface area is 158 Å². The summed E-state index contributed by atoms with van der Waals surface area (Å²) in [6, 6.07) is 12.7. The molecule has 0 saturated heterocycles. The van der Waals surface area contributed by atoms with Crippen molar-refractivity contribution in [2.24, 2.45) is 0 Å². The summed E-state index contributed by atoms with van der Waals surface area (Å²) in [5.41, 5.74) is 6.54. The van der Waals surface area contributed by atoms with Gasteiger partial charge in [0.1, 0.15) is 5.82 Å². The van der Waals surface area contributed by atoms with Gasteiger partial charge in [-0.3, -0.25) is 9.48 Å². The van der Waals surface area contributed by atoms with E-state index in [1.807, 2.05) is 29.6 Å². The zero-order chi connectivity index (χ0) is 19.0. The van der Waals surface area contributed by atoms with E-state index in [0.717, 1.165) is 27.9 Å². The van der Waals surface area contributed by atoms with Gasteiger partial charge in [-0.05, 0) is 42.7 Å². The van der Waals surface area contributed by atoms with Gasteiger partial charge in [0.2, 0.25) is 5.91 Å². The third-order valence-corrected chi connectivity index (χ3v) is 5.18. The molecule has 1 aromatic heterocycles. The summed E-state index contributed by atoms with van der Waals surface area (Å²) in [4.78, 5) is 14.7. The average Bonchev–Trinajstić information content (AvgIpc) is 3.22. The molecule has 1 aliphatic heterocycles. The van der Waals surface area contributed by atoms with E-state index in [4.69, 9.17) is 0 Å².